The number of benzene rings is 1. The second-order valence-electron chi connectivity index (χ2n) is 3.92. The molecule has 0 amide bonds. The van der Waals surface area contributed by atoms with Crippen LogP contribution in [0.5, 0.6) is 5.75 Å². The highest BCUT2D eigenvalue weighted by molar-refractivity contribution is 9.10. The Morgan fingerprint density at radius 3 is 2.72 bits per heavy atom. The van der Waals surface area contributed by atoms with Crippen LogP contribution < -0.4 is 10.5 Å². The SMILES string of the molecule is COc1ccc(Br)c(CC(N)c2ccoc2Br)c1. The molecule has 1 aromatic carbocycles. The summed E-state index contributed by atoms with van der Waals surface area (Å²) in [6.45, 7) is 0. The lowest BCUT2D eigenvalue weighted by atomic mass is 10.0. The van der Waals surface area contributed by atoms with E-state index in [0.29, 0.717) is 11.1 Å². The van der Waals surface area contributed by atoms with Crippen LogP contribution in [0.25, 0.3) is 0 Å². The fourth-order valence-corrected chi connectivity index (χ4v) is 2.69. The van der Waals surface area contributed by atoms with Crippen molar-refractivity contribution in [2.45, 2.75) is 12.5 Å². The molecule has 0 fully saturated rings. The normalized spacial score (nSPS) is 12.4. The van der Waals surface area contributed by atoms with Gasteiger partial charge in [-0.1, -0.05) is 15.9 Å². The maximum absolute atomic E-state index is 6.18. The third-order valence-corrected chi connectivity index (χ3v) is 4.16. The molecule has 0 saturated carbocycles. The van der Waals surface area contributed by atoms with Crippen LogP contribution in [0.4, 0.5) is 0 Å². The predicted octanol–water partition coefficient (Wildman–Crippen LogP) is 4.06. The van der Waals surface area contributed by atoms with Crippen LogP contribution in [0.15, 0.2) is 44.1 Å². The first-order valence-corrected chi connectivity index (χ1v) is 7.01. The highest BCUT2D eigenvalue weighted by atomic mass is 79.9. The Hall–Kier alpha value is -0.780. The Kier molecular flexibility index (Phi) is 4.48. The maximum Gasteiger partial charge on any atom is 0.173 e. The monoisotopic (exact) mass is 373 g/mol. The Balaban J connectivity index is 2.21. The number of ether oxygens (including phenoxy) is 1. The summed E-state index contributed by atoms with van der Waals surface area (Å²) in [4.78, 5) is 0. The van der Waals surface area contributed by atoms with E-state index in [0.717, 1.165) is 21.3 Å². The zero-order valence-corrected chi connectivity index (χ0v) is 13.0. The van der Waals surface area contributed by atoms with Gasteiger partial charge in [0.25, 0.3) is 0 Å². The fraction of sp³-hybridized carbons (Fsp3) is 0.231. The van der Waals surface area contributed by atoms with Crippen LogP contribution >= 0.6 is 31.9 Å². The van der Waals surface area contributed by atoms with Crippen LogP contribution in [-0.4, -0.2) is 7.11 Å². The quantitative estimate of drug-likeness (QED) is 0.877. The van der Waals surface area contributed by atoms with Gasteiger partial charge in [-0.25, -0.2) is 0 Å². The summed E-state index contributed by atoms with van der Waals surface area (Å²) in [6, 6.07) is 7.61. The van der Waals surface area contributed by atoms with Crippen molar-refractivity contribution >= 4 is 31.9 Å². The molecule has 2 aromatic rings. The van der Waals surface area contributed by atoms with E-state index in [9.17, 15) is 0 Å². The van der Waals surface area contributed by atoms with E-state index in [1.165, 1.54) is 0 Å². The Morgan fingerprint density at radius 2 is 2.11 bits per heavy atom. The van der Waals surface area contributed by atoms with Crippen LogP contribution in [0.3, 0.4) is 0 Å². The second-order valence-corrected chi connectivity index (χ2v) is 5.49. The third-order valence-electron chi connectivity index (χ3n) is 2.74. The smallest absolute Gasteiger partial charge is 0.173 e. The molecule has 96 valence electrons. The lowest BCUT2D eigenvalue weighted by molar-refractivity contribution is 0.414. The van der Waals surface area contributed by atoms with Gasteiger partial charge >= 0.3 is 0 Å². The highest BCUT2D eigenvalue weighted by Crippen LogP contribution is 2.29. The Labute approximate surface area is 123 Å². The van der Waals surface area contributed by atoms with Gasteiger partial charge in [0.05, 0.1) is 13.4 Å². The van der Waals surface area contributed by atoms with Gasteiger partial charge in [-0.15, -0.1) is 0 Å². The van der Waals surface area contributed by atoms with E-state index in [2.05, 4.69) is 31.9 Å². The average molecular weight is 375 g/mol. The summed E-state index contributed by atoms with van der Waals surface area (Å²) in [5, 5.41) is 0. The summed E-state index contributed by atoms with van der Waals surface area (Å²) >= 11 is 6.87. The van der Waals surface area contributed by atoms with E-state index >= 15 is 0 Å². The van der Waals surface area contributed by atoms with E-state index in [-0.39, 0.29) is 6.04 Å². The molecule has 0 aliphatic rings. The molecule has 2 rings (SSSR count). The average Bonchev–Trinajstić information content (AvgIpc) is 2.78. The van der Waals surface area contributed by atoms with Crippen molar-refractivity contribution in [3.63, 3.8) is 0 Å². The van der Waals surface area contributed by atoms with Crippen molar-refractivity contribution in [3.8, 4) is 5.75 Å². The molecule has 1 heterocycles. The number of methoxy groups -OCH3 is 1. The van der Waals surface area contributed by atoms with Gasteiger partial charge in [0, 0.05) is 16.1 Å². The van der Waals surface area contributed by atoms with E-state index < -0.39 is 0 Å². The number of nitrogens with two attached hydrogens (primary N) is 1. The summed E-state index contributed by atoms with van der Waals surface area (Å²) in [5.41, 5.74) is 8.25. The molecule has 0 radical (unpaired) electrons. The summed E-state index contributed by atoms with van der Waals surface area (Å²) in [5.74, 6) is 0.826. The van der Waals surface area contributed by atoms with Crippen molar-refractivity contribution in [3.05, 3.63) is 50.8 Å². The highest BCUT2D eigenvalue weighted by Gasteiger charge is 2.14. The minimum Gasteiger partial charge on any atom is -0.497 e. The van der Waals surface area contributed by atoms with Gasteiger partial charge in [-0.2, -0.15) is 0 Å². The summed E-state index contributed by atoms with van der Waals surface area (Å²) < 4.78 is 12.1. The largest absolute Gasteiger partial charge is 0.497 e. The number of furan rings is 1. The molecule has 0 aliphatic heterocycles. The summed E-state index contributed by atoms with van der Waals surface area (Å²) in [7, 11) is 1.65. The van der Waals surface area contributed by atoms with E-state index in [1.54, 1.807) is 13.4 Å². The second kappa shape index (κ2) is 5.91. The molecular weight excluding hydrogens is 362 g/mol. The molecule has 0 aliphatic carbocycles. The topological polar surface area (TPSA) is 48.4 Å². The molecule has 0 saturated heterocycles. The van der Waals surface area contributed by atoms with Crippen LogP contribution in [0.2, 0.25) is 0 Å². The number of hydrogen-bond donors (Lipinski definition) is 1. The predicted molar refractivity (Wildman–Crippen MR) is 77.7 cm³/mol. The van der Waals surface area contributed by atoms with Crippen molar-refractivity contribution in [2.24, 2.45) is 5.73 Å². The third kappa shape index (κ3) is 2.96. The fourth-order valence-electron chi connectivity index (χ4n) is 1.75. The molecule has 0 spiro atoms. The van der Waals surface area contributed by atoms with Crippen LogP contribution in [0, 0.1) is 0 Å². The maximum atomic E-state index is 6.18. The number of halogens is 2. The lowest BCUT2D eigenvalue weighted by Crippen LogP contribution is -2.13. The van der Waals surface area contributed by atoms with Gasteiger partial charge in [0.15, 0.2) is 4.67 Å². The van der Waals surface area contributed by atoms with Crippen molar-refractivity contribution < 1.29 is 9.15 Å². The molecule has 5 heteroatoms. The summed E-state index contributed by atoms with van der Waals surface area (Å²) in [6.07, 6.45) is 2.33. The first kappa shape index (κ1) is 13.6. The molecule has 0 bridgehead atoms. The molecule has 1 aromatic heterocycles. The zero-order valence-electron chi connectivity index (χ0n) is 9.82. The first-order valence-electron chi connectivity index (χ1n) is 5.42. The van der Waals surface area contributed by atoms with Crippen molar-refractivity contribution in [1.82, 2.24) is 0 Å². The number of hydrogen-bond acceptors (Lipinski definition) is 3. The standard InChI is InChI=1S/C13H13Br2NO2/c1-17-9-2-3-11(14)8(6-9)7-12(16)10-4-5-18-13(10)15/h2-6,12H,7,16H2,1H3. The van der Waals surface area contributed by atoms with Crippen LogP contribution in [-0.2, 0) is 6.42 Å². The molecule has 2 N–H and O–H groups in total. The van der Waals surface area contributed by atoms with Crippen molar-refractivity contribution in [1.29, 1.82) is 0 Å². The van der Waals surface area contributed by atoms with Crippen molar-refractivity contribution in [2.75, 3.05) is 7.11 Å². The molecule has 18 heavy (non-hydrogen) atoms. The van der Waals surface area contributed by atoms with Crippen LogP contribution in [0.1, 0.15) is 17.2 Å². The first-order chi connectivity index (χ1) is 8.61. The minimum atomic E-state index is -0.124. The van der Waals surface area contributed by atoms with Gasteiger partial charge in [-0.05, 0) is 52.2 Å². The Bertz CT molecular complexity index is 540. The zero-order chi connectivity index (χ0) is 13.1. The van der Waals surface area contributed by atoms with Gasteiger partial charge in [0.2, 0.25) is 0 Å². The molecule has 1 atom stereocenters. The van der Waals surface area contributed by atoms with Gasteiger partial charge in [-0.3, -0.25) is 0 Å². The van der Waals surface area contributed by atoms with E-state index in [1.807, 2.05) is 24.3 Å². The molecular formula is C13H13Br2NO2. The molecule has 1 unspecified atom stereocenters. The van der Waals surface area contributed by atoms with Gasteiger partial charge < -0.3 is 14.9 Å². The van der Waals surface area contributed by atoms with Gasteiger partial charge in [0.1, 0.15) is 5.75 Å². The number of rotatable bonds is 4. The minimum absolute atomic E-state index is 0.124. The van der Waals surface area contributed by atoms with E-state index in [4.69, 9.17) is 14.9 Å². The lowest BCUT2D eigenvalue weighted by Gasteiger charge is -2.13. The molecule has 3 nitrogen and oxygen atoms in total. The Morgan fingerprint density at radius 1 is 1.33 bits per heavy atom.